The summed E-state index contributed by atoms with van der Waals surface area (Å²) in [6, 6.07) is 1.72. The van der Waals surface area contributed by atoms with Crippen LogP contribution >= 0.6 is 0 Å². The Balaban J connectivity index is 1.74. The Bertz CT molecular complexity index is 682. The van der Waals surface area contributed by atoms with Crippen LogP contribution in [0.4, 0.5) is 0 Å². The lowest BCUT2D eigenvalue weighted by Crippen LogP contribution is -2.35. The molecule has 1 saturated carbocycles. The number of nitrogens with zero attached hydrogens (tertiary/aromatic N) is 2. The van der Waals surface area contributed by atoms with E-state index < -0.39 is 10.0 Å². The lowest BCUT2D eigenvalue weighted by Gasteiger charge is -2.16. The number of hydrogen-bond donors (Lipinski definition) is 1. The van der Waals surface area contributed by atoms with E-state index in [2.05, 4.69) is 5.32 Å². The molecule has 7 heteroatoms. The molecule has 1 aromatic rings. The monoisotopic (exact) mass is 353 g/mol. The summed E-state index contributed by atoms with van der Waals surface area (Å²) in [5, 5.41) is 3.08. The third-order valence-corrected chi connectivity index (χ3v) is 6.97. The number of amides is 1. The first-order valence-corrected chi connectivity index (χ1v) is 10.4. The van der Waals surface area contributed by atoms with Crippen LogP contribution in [-0.4, -0.2) is 42.3 Å². The molecule has 0 radical (unpaired) electrons. The van der Waals surface area contributed by atoms with Crippen molar-refractivity contribution in [3.8, 4) is 0 Å². The highest BCUT2D eigenvalue weighted by Crippen LogP contribution is 2.23. The minimum absolute atomic E-state index is 0.174. The predicted octanol–water partition coefficient (Wildman–Crippen LogP) is 2.26. The van der Waals surface area contributed by atoms with E-state index >= 15 is 0 Å². The molecule has 2 aliphatic rings. The number of rotatable bonds is 4. The third kappa shape index (κ3) is 3.67. The maximum Gasteiger partial charge on any atom is 0.268 e. The van der Waals surface area contributed by atoms with Crippen molar-refractivity contribution in [1.29, 1.82) is 0 Å². The van der Waals surface area contributed by atoms with Gasteiger partial charge in [0.05, 0.1) is 0 Å². The summed E-state index contributed by atoms with van der Waals surface area (Å²) < 4.78 is 28.4. The van der Waals surface area contributed by atoms with Crippen LogP contribution < -0.4 is 5.32 Å². The molecular formula is C17H27N3O3S. The van der Waals surface area contributed by atoms with E-state index in [1.165, 1.54) is 23.2 Å². The quantitative estimate of drug-likeness (QED) is 0.844. The fraction of sp³-hybridized carbons (Fsp3) is 0.706. The summed E-state index contributed by atoms with van der Waals surface area (Å²) in [7, 11) is -1.75. The van der Waals surface area contributed by atoms with Crippen molar-refractivity contribution in [2.24, 2.45) is 7.05 Å². The molecular weight excluding hydrogens is 326 g/mol. The highest BCUT2D eigenvalue weighted by molar-refractivity contribution is 7.89. The molecule has 0 aromatic carbocycles. The topological polar surface area (TPSA) is 71.4 Å². The van der Waals surface area contributed by atoms with Crippen molar-refractivity contribution in [2.75, 3.05) is 13.1 Å². The molecule has 3 rings (SSSR count). The number of hydrogen-bond acceptors (Lipinski definition) is 3. The maximum atomic E-state index is 12.6. The largest absolute Gasteiger partial charge is 0.348 e. The molecule has 1 aromatic heterocycles. The Hall–Kier alpha value is -1.34. The number of aromatic nitrogens is 1. The van der Waals surface area contributed by atoms with Crippen LogP contribution in [0.5, 0.6) is 0 Å². The van der Waals surface area contributed by atoms with Crippen LogP contribution in [0.2, 0.25) is 0 Å². The van der Waals surface area contributed by atoms with Gasteiger partial charge in [0.25, 0.3) is 5.91 Å². The van der Waals surface area contributed by atoms with E-state index in [-0.39, 0.29) is 16.8 Å². The number of carbonyl (C=O) groups is 1. The third-order valence-electron chi connectivity index (χ3n) is 5.11. The van der Waals surface area contributed by atoms with Gasteiger partial charge in [-0.25, -0.2) is 8.42 Å². The van der Waals surface area contributed by atoms with Crippen LogP contribution in [0.3, 0.4) is 0 Å². The average Bonchev–Trinajstić information content (AvgIpc) is 3.14. The van der Waals surface area contributed by atoms with Crippen LogP contribution in [0.25, 0.3) is 0 Å². The van der Waals surface area contributed by atoms with Crippen molar-refractivity contribution in [3.63, 3.8) is 0 Å². The predicted molar refractivity (Wildman–Crippen MR) is 92.4 cm³/mol. The SMILES string of the molecule is Cn1cc(S(=O)(=O)N2CCCC2)cc1C(=O)NC1CCCCCC1. The first-order chi connectivity index (χ1) is 11.5. The van der Waals surface area contributed by atoms with E-state index in [0.29, 0.717) is 18.8 Å². The maximum absolute atomic E-state index is 12.6. The normalized spacial score (nSPS) is 20.9. The van der Waals surface area contributed by atoms with Crippen LogP contribution in [-0.2, 0) is 17.1 Å². The van der Waals surface area contributed by atoms with E-state index in [1.54, 1.807) is 17.8 Å². The molecule has 1 N–H and O–H groups in total. The summed E-state index contributed by atoms with van der Waals surface area (Å²) in [4.78, 5) is 12.8. The highest BCUT2D eigenvalue weighted by atomic mass is 32.2. The fourth-order valence-electron chi connectivity index (χ4n) is 3.66. The lowest BCUT2D eigenvalue weighted by molar-refractivity contribution is 0.0925. The van der Waals surface area contributed by atoms with Gasteiger partial charge < -0.3 is 9.88 Å². The Labute approximate surface area is 144 Å². The molecule has 24 heavy (non-hydrogen) atoms. The second-order valence-corrected chi connectivity index (χ2v) is 8.88. The molecule has 1 saturated heterocycles. The smallest absolute Gasteiger partial charge is 0.268 e. The van der Waals surface area contributed by atoms with Crippen molar-refractivity contribution >= 4 is 15.9 Å². The molecule has 0 bridgehead atoms. The second kappa shape index (κ2) is 7.27. The zero-order chi connectivity index (χ0) is 17.2. The Morgan fingerprint density at radius 1 is 1.08 bits per heavy atom. The van der Waals surface area contributed by atoms with Gasteiger partial charge in [-0.2, -0.15) is 4.31 Å². The van der Waals surface area contributed by atoms with Gasteiger partial charge in [-0.1, -0.05) is 25.7 Å². The van der Waals surface area contributed by atoms with Gasteiger partial charge in [-0.15, -0.1) is 0 Å². The van der Waals surface area contributed by atoms with Crippen molar-refractivity contribution in [1.82, 2.24) is 14.2 Å². The van der Waals surface area contributed by atoms with E-state index in [9.17, 15) is 13.2 Å². The average molecular weight is 353 g/mol. The number of nitrogens with one attached hydrogen (secondary N) is 1. The van der Waals surface area contributed by atoms with E-state index in [1.807, 2.05) is 0 Å². The number of aryl methyl sites for hydroxylation is 1. The summed E-state index contributed by atoms with van der Waals surface area (Å²) in [6.45, 7) is 1.14. The van der Waals surface area contributed by atoms with Gasteiger partial charge in [-0.05, 0) is 31.7 Å². The van der Waals surface area contributed by atoms with Crippen molar-refractivity contribution < 1.29 is 13.2 Å². The van der Waals surface area contributed by atoms with Crippen LogP contribution in [0.1, 0.15) is 61.9 Å². The molecule has 2 heterocycles. The first kappa shape index (κ1) is 17.5. The zero-order valence-electron chi connectivity index (χ0n) is 14.3. The molecule has 0 atom stereocenters. The molecule has 1 aliphatic heterocycles. The van der Waals surface area contributed by atoms with E-state index in [4.69, 9.17) is 0 Å². The molecule has 0 spiro atoms. The van der Waals surface area contributed by atoms with Crippen LogP contribution in [0, 0.1) is 0 Å². The Morgan fingerprint density at radius 3 is 2.33 bits per heavy atom. The minimum Gasteiger partial charge on any atom is -0.348 e. The molecule has 0 unspecified atom stereocenters. The van der Waals surface area contributed by atoms with Gasteiger partial charge in [0.15, 0.2) is 0 Å². The second-order valence-electron chi connectivity index (χ2n) is 6.95. The Morgan fingerprint density at radius 2 is 1.71 bits per heavy atom. The van der Waals surface area contributed by atoms with Gasteiger partial charge >= 0.3 is 0 Å². The molecule has 134 valence electrons. The molecule has 1 amide bonds. The Kier molecular flexibility index (Phi) is 5.30. The number of sulfonamides is 1. The summed E-state index contributed by atoms with van der Waals surface area (Å²) in [6.07, 6.45) is 10.1. The van der Waals surface area contributed by atoms with Gasteiger partial charge in [0, 0.05) is 32.4 Å². The van der Waals surface area contributed by atoms with Crippen molar-refractivity contribution in [3.05, 3.63) is 18.0 Å². The van der Waals surface area contributed by atoms with Gasteiger partial charge in [-0.3, -0.25) is 4.79 Å². The summed E-state index contributed by atoms with van der Waals surface area (Å²) in [5.41, 5.74) is 0.414. The lowest BCUT2D eigenvalue weighted by atomic mass is 10.1. The number of carbonyl (C=O) groups excluding carboxylic acids is 1. The standard InChI is InChI=1S/C17H27N3O3S/c1-19-13-15(24(22,23)20-10-6-7-11-20)12-16(19)17(21)18-14-8-4-2-3-5-9-14/h12-14H,2-11H2,1H3,(H,18,21). The fourth-order valence-corrected chi connectivity index (χ4v) is 5.25. The minimum atomic E-state index is -3.48. The zero-order valence-corrected chi connectivity index (χ0v) is 15.1. The van der Waals surface area contributed by atoms with Gasteiger partial charge in [0.2, 0.25) is 10.0 Å². The molecule has 2 fully saturated rings. The van der Waals surface area contributed by atoms with Crippen LogP contribution in [0.15, 0.2) is 17.2 Å². The summed E-state index contributed by atoms with van der Waals surface area (Å²) in [5.74, 6) is -0.174. The summed E-state index contributed by atoms with van der Waals surface area (Å²) >= 11 is 0. The highest BCUT2D eigenvalue weighted by Gasteiger charge is 2.29. The molecule has 6 nitrogen and oxygen atoms in total. The molecule has 1 aliphatic carbocycles. The van der Waals surface area contributed by atoms with Gasteiger partial charge in [0.1, 0.15) is 10.6 Å². The van der Waals surface area contributed by atoms with E-state index in [0.717, 1.165) is 38.5 Å². The first-order valence-electron chi connectivity index (χ1n) is 8.96. The van der Waals surface area contributed by atoms with Crippen molar-refractivity contribution in [2.45, 2.75) is 62.3 Å².